The lowest BCUT2D eigenvalue weighted by Crippen LogP contribution is -2.04. The molecule has 24 heavy (non-hydrogen) atoms. The van der Waals surface area contributed by atoms with Crippen molar-refractivity contribution >= 4 is 17.5 Å². The quantitative estimate of drug-likeness (QED) is 0.693. The zero-order valence-corrected chi connectivity index (χ0v) is 13.7. The van der Waals surface area contributed by atoms with Crippen molar-refractivity contribution in [3.05, 3.63) is 72.2 Å². The molecule has 0 saturated heterocycles. The standard InChI is InChI=1S/C19H21N5/c1-2-20-18-12-14-22-19(24-18)23-17-9-4-3-7-15(17)10-11-16-8-5-6-13-21-16/h3-9,12-14H,2,10-11H2,1H3,(H2,20,22,23,24). The van der Waals surface area contributed by atoms with E-state index in [1.54, 1.807) is 6.20 Å². The fraction of sp³-hybridized carbons (Fsp3) is 0.211. The summed E-state index contributed by atoms with van der Waals surface area (Å²) in [5.41, 5.74) is 3.35. The van der Waals surface area contributed by atoms with Crippen molar-refractivity contribution in [3.63, 3.8) is 0 Å². The minimum Gasteiger partial charge on any atom is -0.370 e. The van der Waals surface area contributed by atoms with E-state index in [0.29, 0.717) is 5.95 Å². The van der Waals surface area contributed by atoms with Crippen molar-refractivity contribution in [2.24, 2.45) is 0 Å². The highest BCUT2D eigenvalue weighted by Gasteiger charge is 2.05. The topological polar surface area (TPSA) is 62.7 Å². The minimum absolute atomic E-state index is 0.596. The molecule has 0 unspecified atom stereocenters. The fourth-order valence-corrected chi connectivity index (χ4v) is 2.49. The zero-order chi connectivity index (χ0) is 16.6. The molecule has 2 heterocycles. The monoisotopic (exact) mass is 319 g/mol. The normalized spacial score (nSPS) is 10.4. The molecule has 0 atom stereocenters. The molecule has 0 aliphatic rings. The van der Waals surface area contributed by atoms with Crippen LogP contribution in [0.4, 0.5) is 17.5 Å². The minimum atomic E-state index is 0.596. The first-order valence-electron chi connectivity index (χ1n) is 8.17. The predicted octanol–water partition coefficient (Wildman–Crippen LogP) is 3.83. The number of nitrogens with one attached hydrogen (secondary N) is 2. The summed E-state index contributed by atoms with van der Waals surface area (Å²) in [6, 6.07) is 16.1. The molecule has 122 valence electrons. The van der Waals surface area contributed by atoms with Gasteiger partial charge in [-0.2, -0.15) is 4.98 Å². The van der Waals surface area contributed by atoms with E-state index in [-0.39, 0.29) is 0 Å². The van der Waals surface area contributed by atoms with Gasteiger partial charge in [-0.25, -0.2) is 4.98 Å². The molecule has 0 bridgehead atoms. The molecular weight excluding hydrogens is 298 g/mol. The van der Waals surface area contributed by atoms with Crippen LogP contribution >= 0.6 is 0 Å². The Balaban J connectivity index is 1.73. The Morgan fingerprint density at radius 2 is 1.75 bits per heavy atom. The summed E-state index contributed by atoms with van der Waals surface area (Å²) in [6.07, 6.45) is 5.40. The number of hydrogen-bond donors (Lipinski definition) is 2. The van der Waals surface area contributed by atoms with Gasteiger partial charge in [0.25, 0.3) is 0 Å². The zero-order valence-electron chi connectivity index (χ0n) is 13.7. The van der Waals surface area contributed by atoms with Gasteiger partial charge in [0, 0.05) is 30.3 Å². The highest BCUT2D eigenvalue weighted by atomic mass is 15.1. The van der Waals surface area contributed by atoms with E-state index in [9.17, 15) is 0 Å². The van der Waals surface area contributed by atoms with Crippen LogP contribution in [0.2, 0.25) is 0 Å². The van der Waals surface area contributed by atoms with Crippen LogP contribution in [-0.4, -0.2) is 21.5 Å². The van der Waals surface area contributed by atoms with Crippen molar-refractivity contribution in [1.82, 2.24) is 15.0 Å². The Kier molecular flexibility index (Phi) is 5.35. The van der Waals surface area contributed by atoms with E-state index in [2.05, 4.69) is 49.9 Å². The van der Waals surface area contributed by atoms with Crippen molar-refractivity contribution in [2.45, 2.75) is 19.8 Å². The largest absolute Gasteiger partial charge is 0.370 e. The SMILES string of the molecule is CCNc1ccnc(Nc2ccccc2CCc2ccccn2)n1. The number of rotatable bonds is 7. The van der Waals surface area contributed by atoms with Gasteiger partial charge < -0.3 is 10.6 Å². The van der Waals surface area contributed by atoms with E-state index in [0.717, 1.165) is 36.6 Å². The lowest BCUT2D eigenvalue weighted by atomic mass is 10.1. The smallest absolute Gasteiger partial charge is 0.229 e. The fourth-order valence-electron chi connectivity index (χ4n) is 2.49. The third-order valence-electron chi connectivity index (χ3n) is 3.65. The second kappa shape index (κ2) is 8.06. The van der Waals surface area contributed by atoms with E-state index in [1.807, 2.05) is 37.4 Å². The Morgan fingerprint density at radius 1 is 0.875 bits per heavy atom. The number of para-hydroxylation sites is 1. The van der Waals surface area contributed by atoms with Gasteiger partial charge in [0.1, 0.15) is 5.82 Å². The van der Waals surface area contributed by atoms with Gasteiger partial charge in [-0.15, -0.1) is 0 Å². The predicted molar refractivity (Wildman–Crippen MR) is 97.6 cm³/mol. The highest BCUT2D eigenvalue weighted by molar-refractivity contribution is 5.59. The molecule has 0 saturated carbocycles. The maximum atomic E-state index is 4.47. The summed E-state index contributed by atoms with van der Waals surface area (Å²) in [5.74, 6) is 1.42. The maximum absolute atomic E-state index is 4.47. The lowest BCUT2D eigenvalue weighted by molar-refractivity contribution is 0.914. The van der Waals surface area contributed by atoms with Crippen LogP contribution in [0, 0.1) is 0 Å². The second-order valence-electron chi connectivity index (χ2n) is 5.40. The number of nitrogens with zero attached hydrogens (tertiary/aromatic N) is 3. The van der Waals surface area contributed by atoms with Gasteiger partial charge in [-0.1, -0.05) is 24.3 Å². The van der Waals surface area contributed by atoms with Gasteiger partial charge in [-0.3, -0.25) is 4.98 Å². The van der Waals surface area contributed by atoms with Gasteiger partial charge in [-0.05, 0) is 49.6 Å². The van der Waals surface area contributed by atoms with Crippen LogP contribution in [0.25, 0.3) is 0 Å². The molecule has 1 aromatic carbocycles. The summed E-state index contributed by atoms with van der Waals surface area (Å²) in [7, 11) is 0. The number of anilines is 3. The average molecular weight is 319 g/mol. The van der Waals surface area contributed by atoms with Crippen LogP contribution in [0.15, 0.2) is 60.9 Å². The summed E-state index contributed by atoms with van der Waals surface area (Å²) in [4.78, 5) is 13.2. The maximum Gasteiger partial charge on any atom is 0.229 e. The van der Waals surface area contributed by atoms with E-state index in [4.69, 9.17) is 0 Å². The third kappa shape index (κ3) is 4.29. The van der Waals surface area contributed by atoms with Gasteiger partial charge >= 0.3 is 0 Å². The molecule has 5 heteroatoms. The van der Waals surface area contributed by atoms with Crippen molar-refractivity contribution in [3.8, 4) is 0 Å². The molecule has 5 nitrogen and oxygen atoms in total. The Hall–Kier alpha value is -2.95. The van der Waals surface area contributed by atoms with Gasteiger partial charge in [0.2, 0.25) is 5.95 Å². The number of pyridine rings is 1. The first-order chi connectivity index (χ1) is 11.8. The van der Waals surface area contributed by atoms with Crippen molar-refractivity contribution in [1.29, 1.82) is 0 Å². The molecule has 2 aromatic heterocycles. The molecule has 3 rings (SSSR count). The summed E-state index contributed by atoms with van der Waals surface area (Å²) in [6.45, 7) is 2.87. The van der Waals surface area contributed by atoms with Crippen LogP contribution in [0.1, 0.15) is 18.2 Å². The number of benzene rings is 1. The molecule has 2 N–H and O–H groups in total. The average Bonchev–Trinajstić information content (AvgIpc) is 2.62. The first-order valence-corrected chi connectivity index (χ1v) is 8.17. The van der Waals surface area contributed by atoms with Crippen LogP contribution < -0.4 is 10.6 Å². The number of aryl methyl sites for hydroxylation is 2. The Morgan fingerprint density at radius 3 is 2.58 bits per heavy atom. The molecule has 3 aromatic rings. The van der Waals surface area contributed by atoms with E-state index >= 15 is 0 Å². The van der Waals surface area contributed by atoms with E-state index < -0.39 is 0 Å². The number of aromatic nitrogens is 3. The summed E-state index contributed by atoms with van der Waals surface area (Å²) in [5, 5.41) is 6.52. The molecule has 0 spiro atoms. The van der Waals surface area contributed by atoms with Crippen LogP contribution in [0.3, 0.4) is 0 Å². The molecule has 0 radical (unpaired) electrons. The second-order valence-corrected chi connectivity index (χ2v) is 5.40. The molecule has 0 fully saturated rings. The summed E-state index contributed by atoms with van der Waals surface area (Å²) < 4.78 is 0. The van der Waals surface area contributed by atoms with Crippen LogP contribution in [0.5, 0.6) is 0 Å². The molecule has 0 amide bonds. The molecular formula is C19H21N5. The Labute approximate surface area is 142 Å². The van der Waals surface area contributed by atoms with Crippen molar-refractivity contribution < 1.29 is 0 Å². The molecule has 0 aliphatic carbocycles. The third-order valence-corrected chi connectivity index (χ3v) is 3.65. The lowest BCUT2D eigenvalue weighted by Gasteiger charge is -2.11. The number of hydrogen-bond acceptors (Lipinski definition) is 5. The van der Waals surface area contributed by atoms with Gasteiger partial charge in [0.15, 0.2) is 0 Å². The van der Waals surface area contributed by atoms with Crippen LogP contribution in [-0.2, 0) is 12.8 Å². The Bertz CT molecular complexity index is 773. The summed E-state index contributed by atoms with van der Waals surface area (Å²) >= 11 is 0. The molecule has 0 aliphatic heterocycles. The van der Waals surface area contributed by atoms with Gasteiger partial charge in [0.05, 0.1) is 0 Å². The van der Waals surface area contributed by atoms with Crippen molar-refractivity contribution in [2.75, 3.05) is 17.2 Å². The highest BCUT2D eigenvalue weighted by Crippen LogP contribution is 2.20. The van der Waals surface area contributed by atoms with E-state index in [1.165, 1.54) is 5.56 Å². The first kappa shape index (κ1) is 15.9.